The average Bonchev–Trinajstić information content (AvgIpc) is 3.12. The van der Waals surface area contributed by atoms with Gasteiger partial charge in [-0.05, 0) is 30.0 Å². The maximum Gasteiger partial charge on any atom is 0.122 e. The first kappa shape index (κ1) is 11.3. The van der Waals surface area contributed by atoms with Crippen LogP contribution in [0.2, 0.25) is 0 Å². The Bertz CT molecular complexity index is 339. The summed E-state index contributed by atoms with van der Waals surface area (Å²) in [4.78, 5) is 0. The van der Waals surface area contributed by atoms with Gasteiger partial charge in [0.1, 0.15) is 11.5 Å². The van der Waals surface area contributed by atoms with Gasteiger partial charge in [0.05, 0.1) is 14.2 Å². The van der Waals surface area contributed by atoms with Crippen molar-refractivity contribution >= 4 is 0 Å². The Balaban J connectivity index is 2.16. The van der Waals surface area contributed by atoms with Crippen LogP contribution in [0.3, 0.4) is 0 Å². The molecule has 0 amide bonds. The largest absolute Gasteiger partial charge is 0.497 e. The van der Waals surface area contributed by atoms with Crippen LogP contribution in [0, 0.1) is 5.92 Å². The molecule has 2 N–H and O–H groups in total. The molecule has 0 heterocycles. The second-order valence-corrected chi connectivity index (χ2v) is 4.43. The normalized spacial score (nSPS) is 16.9. The van der Waals surface area contributed by atoms with Crippen LogP contribution in [0.4, 0.5) is 0 Å². The smallest absolute Gasteiger partial charge is 0.122 e. The molecule has 3 heteroatoms. The first-order valence-electron chi connectivity index (χ1n) is 5.71. The molecule has 1 fully saturated rings. The highest BCUT2D eigenvalue weighted by Crippen LogP contribution is 2.37. The van der Waals surface area contributed by atoms with Gasteiger partial charge in [-0.15, -0.1) is 0 Å². The highest BCUT2D eigenvalue weighted by Gasteiger charge is 2.24. The maximum absolute atomic E-state index is 6.17. The molecule has 88 valence electrons. The average molecular weight is 221 g/mol. The van der Waals surface area contributed by atoms with E-state index >= 15 is 0 Å². The molecule has 1 aliphatic carbocycles. The molecule has 0 saturated heterocycles. The van der Waals surface area contributed by atoms with E-state index in [1.54, 1.807) is 14.2 Å². The summed E-state index contributed by atoms with van der Waals surface area (Å²) in [5, 5.41) is 0. The number of hydrogen-bond donors (Lipinski definition) is 1. The number of ether oxygens (including phenoxy) is 2. The van der Waals surface area contributed by atoms with E-state index in [0.717, 1.165) is 29.4 Å². The predicted octanol–water partition coefficient (Wildman–Crippen LogP) is 2.50. The topological polar surface area (TPSA) is 44.5 Å². The molecule has 1 aromatic rings. The van der Waals surface area contributed by atoms with E-state index in [2.05, 4.69) is 0 Å². The molecule has 1 aliphatic rings. The first-order chi connectivity index (χ1) is 7.72. The number of benzene rings is 1. The molecule has 0 spiro atoms. The van der Waals surface area contributed by atoms with Gasteiger partial charge in [0.2, 0.25) is 0 Å². The van der Waals surface area contributed by atoms with Crippen molar-refractivity contribution in [2.24, 2.45) is 11.7 Å². The van der Waals surface area contributed by atoms with E-state index in [0.29, 0.717) is 0 Å². The molecule has 1 atom stereocenters. The van der Waals surface area contributed by atoms with Crippen molar-refractivity contribution in [3.05, 3.63) is 23.8 Å². The fourth-order valence-corrected chi connectivity index (χ4v) is 1.89. The van der Waals surface area contributed by atoms with Gasteiger partial charge in [0, 0.05) is 12.1 Å². The zero-order valence-corrected chi connectivity index (χ0v) is 9.90. The van der Waals surface area contributed by atoms with Gasteiger partial charge in [-0.2, -0.15) is 0 Å². The van der Waals surface area contributed by atoms with Crippen LogP contribution in [0.25, 0.3) is 0 Å². The fraction of sp³-hybridized carbons (Fsp3) is 0.538. The molecule has 1 aromatic carbocycles. The van der Waals surface area contributed by atoms with E-state index in [1.165, 1.54) is 12.8 Å². The van der Waals surface area contributed by atoms with Crippen molar-refractivity contribution in [3.8, 4) is 11.5 Å². The van der Waals surface area contributed by atoms with E-state index in [9.17, 15) is 0 Å². The van der Waals surface area contributed by atoms with Crippen molar-refractivity contribution in [1.82, 2.24) is 0 Å². The summed E-state index contributed by atoms with van der Waals surface area (Å²) in [5.41, 5.74) is 7.27. The van der Waals surface area contributed by atoms with Gasteiger partial charge in [-0.1, -0.05) is 12.8 Å². The minimum absolute atomic E-state index is 0.0940. The van der Waals surface area contributed by atoms with E-state index in [4.69, 9.17) is 15.2 Å². The molecule has 3 nitrogen and oxygen atoms in total. The summed E-state index contributed by atoms with van der Waals surface area (Å²) >= 11 is 0. The van der Waals surface area contributed by atoms with Crippen molar-refractivity contribution in [2.75, 3.05) is 14.2 Å². The summed E-state index contributed by atoms with van der Waals surface area (Å²) in [5.74, 6) is 2.44. The second kappa shape index (κ2) is 4.74. The lowest BCUT2D eigenvalue weighted by molar-refractivity contribution is 0.392. The van der Waals surface area contributed by atoms with Crippen LogP contribution in [0.5, 0.6) is 11.5 Å². The van der Waals surface area contributed by atoms with Crippen molar-refractivity contribution in [1.29, 1.82) is 0 Å². The third-order valence-corrected chi connectivity index (χ3v) is 3.09. The number of rotatable bonds is 5. The lowest BCUT2D eigenvalue weighted by atomic mass is 10.0. The molecule has 16 heavy (non-hydrogen) atoms. The lowest BCUT2D eigenvalue weighted by Crippen LogP contribution is -2.11. The van der Waals surface area contributed by atoms with Crippen molar-refractivity contribution in [2.45, 2.75) is 25.3 Å². The van der Waals surface area contributed by atoms with Gasteiger partial charge in [-0.25, -0.2) is 0 Å². The second-order valence-electron chi connectivity index (χ2n) is 4.43. The predicted molar refractivity (Wildman–Crippen MR) is 63.8 cm³/mol. The molecule has 0 bridgehead atoms. The van der Waals surface area contributed by atoms with Crippen molar-refractivity contribution < 1.29 is 9.47 Å². The number of hydrogen-bond acceptors (Lipinski definition) is 3. The Morgan fingerprint density at radius 2 is 1.75 bits per heavy atom. The monoisotopic (exact) mass is 221 g/mol. The minimum Gasteiger partial charge on any atom is -0.497 e. The van der Waals surface area contributed by atoms with Gasteiger partial charge < -0.3 is 15.2 Å². The summed E-state index contributed by atoms with van der Waals surface area (Å²) in [6.45, 7) is 0. The van der Waals surface area contributed by atoms with Gasteiger partial charge in [0.25, 0.3) is 0 Å². The zero-order valence-electron chi connectivity index (χ0n) is 9.90. The molecular formula is C13H19NO2. The third kappa shape index (κ3) is 2.67. The Morgan fingerprint density at radius 3 is 2.19 bits per heavy atom. The van der Waals surface area contributed by atoms with Crippen molar-refractivity contribution in [3.63, 3.8) is 0 Å². The lowest BCUT2D eigenvalue weighted by Gasteiger charge is -2.14. The SMILES string of the molecule is COc1cc(OC)cc(C(N)CC2CC2)c1. The highest BCUT2D eigenvalue weighted by atomic mass is 16.5. The zero-order chi connectivity index (χ0) is 11.5. The summed E-state index contributed by atoms with van der Waals surface area (Å²) in [6, 6.07) is 5.95. The van der Waals surface area contributed by atoms with E-state index < -0.39 is 0 Å². The molecular weight excluding hydrogens is 202 g/mol. The number of methoxy groups -OCH3 is 2. The number of nitrogens with two attached hydrogens (primary N) is 1. The molecule has 0 aromatic heterocycles. The summed E-state index contributed by atoms with van der Waals surface area (Å²) < 4.78 is 10.5. The van der Waals surface area contributed by atoms with Gasteiger partial charge >= 0.3 is 0 Å². The fourth-order valence-electron chi connectivity index (χ4n) is 1.89. The maximum atomic E-state index is 6.17. The minimum atomic E-state index is 0.0940. The molecule has 0 aliphatic heterocycles. The summed E-state index contributed by atoms with van der Waals surface area (Å²) in [6.07, 6.45) is 3.72. The Labute approximate surface area is 96.5 Å². The Morgan fingerprint density at radius 1 is 1.19 bits per heavy atom. The molecule has 0 radical (unpaired) electrons. The quantitative estimate of drug-likeness (QED) is 0.830. The first-order valence-corrected chi connectivity index (χ1v) is 5.71. The van der Waals surface area contributed by atoms with E-state index in [1.807, 2.05) is 18.2 Å². The van der Waals surface area contributed by atoms with Crippen LogP contribution in [0.15, 0.2) is 18.2 Å². The van der Waals surface area contributed by atoms with Crippen LogP contribution < -0.4 is 15.2 Å². The molecule has 1 saturated carbocycles. The van der Waals surface area contributed by atoms with Crippen LogP contribution in [0.1, 0.15) is 30.9 Å². The standard InChI is InChI=1S/C13H19NO2/c1-15-11-6-10(7-12(8-11)16-2)13(14)5-9-3-4-9/h6-9,13H,3-5,14H2,1-2H3. The molecule has 2 rings (SSSR count). The third-order valence-electron chi connectivity index (χ3n) is 3.09. The van der Waals surface area contributed by atoms with Crippen LogP contribution in [-0.2, 0) is 0 Å². The Kier molecular flexibility index (Phi) is 3.34. The summed E-state index contributed by atoms with van der Waals surface area (Å²) in [7, 11) is 3.32. The van der Waals surface area contributed by atoms with Crippen LogP contribution >= 0.6 is 0 Å². The van der Waals surface area contributed by atoms with Gasteiger partial charge in [-0.3, -0.25) is 0 Å². The highest BCUT2D eigenvalue weighted by molar-refractivity contribution is 5.39. The Hall–Kier alpha value is -1.22. The molecule has 1 unspecified atom stereocenters. The van der Waals surface area contributed by atoms with E-state index in [-0.39, 0.29) is 6.04 Å². The van der Waals surface area contributed by atoms with Crippen LogP contribution in [-0.4, -0.2) is 14.2 Å². The van der Waals surface area contributed by atoms with Gasteiger partial charge in [0.15, 0.2) is 0 Å².